The fraction of sp³-hybridized carbons (Fsp3) is 0. The van der Waals surface area contributed by atoms with Gasteiger partial charge in [-0.2, -0.15) is 0 Å². The van der Waals surface area contributed by atoms with Crippen molar-refractivity contribution in [3.63, 3.8) is 0 Å². The number of hydrogen-bond acceptors (Lipinski definition) is 0. The Hall–Kier alpha value is 2.24. The van der Waals surface area contributed by atoms with E-state index in [4.69, 9.17) is 0 Å². The van der Waals surface area contributed by atoms with Crippen LogP contribution in [-0.4, -0.2) is 0 Å². The van der Waals surface area contributed by atoms with Crippen molar-refractivity contribution in [3.05, 3.63) is 0 Å². The van der Waals surface area contributed by atoms with E-state index in [1.165, 1.54) is 0 Å². The molecule has 0 N–H and O–H groups in total. The first-order chi connectivity index (χ1) is 1.41. The van der Waals surface area contributed by atoms with Gasteiger partial charge in [-0.25, -0.2) is 0 Å². The predicted octanol–water partition coefficient (Wildman–Crippen LogP) is 0.647. The fourth-order valence-corrected chi connectivity index (χ4v) is 0. The van der Waals surface area contributed by atoms with Crippen molar-refractivity contribution in [2.45, 2.75) is 0 Å². The van der Waals surface area contributed by atoms with Crippen molar-refractivity contribution in [2.24, 2.45) is 0 Å². The molecule has 0 saturated carbocycles. The molecule has 0 aromatic heterocycles. The van der Waals surface area contributed by atoms with Gasteiger partial charge in [0.2, 0.25) is 0 Å². The third kappa shape index (κ3) is 8.87. The van der Waals surface area contributed by atoms with E-state index in [2.05, 4.69) is 14.7 Å². The van der Waals surface area contributed by atoms with Gasteiger partial charge in [-0.3, -0.25) is 0 Å². The molecule has 2 unspecified atom stereocenters. The quantitative estimate of drug-likeness (QED) is 0.447. The molecule has 0 fully saturated rings. The average molecular weight is 346 g/mol. The van der Waals surface area contributed by atoms with Crippen molar-refractivity contribution in [3.8, 4) is 0 Å². The van der Waals surface area contributed by atoms with E-state index >= 15 is 0 Å². The minimum Gasteiger partial charge on any atom is 0 e. The molecule has 0 spiro atoms. The normalized spacial score (nSPS) is 4.50. The van der Waals surface area contributed by atoms with Gasteiger partial charge >= 0.3 is 32.2 Å². The van der Waals surface area contributed by atoms with Crippen LogP contribution in [0.3, 0.4) is 0 Å². The van der Waals surface area contributed by atoms with Gasteiger partial charge in [0.1, 0.15) is 0 Å². The number of hydrogen-bond donors (Lipinski definition) is 0. The minimum atomic E-state index is 0. The molecule has 0 aliphatic rings. The van der Waals surface area contributed by atoms with E-state index in [1.54, 1.807) is 0 Å². The van der Waals surface area contributed by atoms with Gasteiger partial charge in [0.15, 0.2) is 0 Å². The standard InChI is InChI=1S/Mo.2H2P.W/h;2*1H2;/q+2;2*-1;. The summed E-state index contributed by atoms with van der Waals surface area (Å²) in [7, 11) is 5.34. The van der Waals surface area contributed by atoms with Crippen LogP contribution in [0.4, 0.5) is 0 Å². The van der Waals surface area contributed by atoms with Gasteiger partial charge < -0.3 is 0 Å². The van der Waals surface area contributed by atoms with Crippen molar-refractivity contribution < 1.29 is 38.6 Å². The van der Waals surface area contributed by atoms with Crippen LogP contribution in [-0.2, 0) is 38.6 Å². The van der Waals surface area contributed by atoms with Crippen LogP contribution in [0.5, 0.6) is 0 Å². The van der Waals surface area contributed by atoms with Gasteiger partial charge in [0.05, 0.1) is 0 Å². The molecule has 0 aliphatic heterocycles. The first-order valence-corrected chi connectivity index (χ1v) is 8.37. The largest absolute Gasteiger partial charge is 0 e. The Morgan fingerprint density at radius 1 is 1.25 bits per heavy atom. The summed E-state index contributed by atoms with van der Waals surface area (Å²) in [5, 5.41) is 0. The Bertz CT molecular complexity index is 6.00. The summed E-state index contributed by atoms with van der Waals surface area (Å²) >= 11 is 0.303. The molecule has 0 rings (SSSR count). The van der Waals surface area contributed by atoms with Crippen molar-refractivity contribution >= 4 is 14.7 Å². The van der Waals surface area contributed by atoms with Crippen LogP contribution in [0.2, 0.25) is 0 Å². The summed E-state index contributed by atoms with van der Waals surface area (Å²) in [4.78, 5) is 0. The van der Waals surface area contributed by atoms with Gasteiger partial charge in [0, 0.05) is 21.1 Å². The van der Waals surface area contributed by atoms with E-state index in [-0.39, 0.29) is 21.1 Å². The molecule has 26 valence electrons. The first-order valence-electron chi connectivity index (χ1n) is 0.471. The van der Waals surface area contributed by atoms with Crippen molar-refractivity contribution in [1.29, 1.82) is 0 Å². The summed E-state index contributed by atoms with van der Waals surface area (Å²) in [6.45, 7) is 0. The molecular weight excluding hydrogens is 342 g/mol. The fourth-order valence-electron chi connectivity index (χ4n) is 0. The maximum atomic E-state index is 2.67. The zero-order chi connectivity index (χ0) is 2.71. The van der Waals surface area contributed by atoms with Gasteiger partial charge in [0.25, 0.3) is 0 Å². The molecular formula is H4MoP2W. The molecule has 0 aromatic carbocycles. The van der Waals surface area contributed by atoms with Crippen LogP contribution in [0.1, 0.15) is 0 Å². The summed E-state index contributed by atoms with van der Waals surface area (Å²) in [5.41, 5.74) is 0. The van der Waals surface area contributed by atoms with E-state index in [0.29, 0.717) is 17.5 Å². The van der Waals surface area contributed by atoms with Gasteiger partial charge in [-0.05, 0) is 0 Å². The summed E-state index contributed by atoms with van der Waals surface area (Å²) in [6, 6.07) is 0. The predicted molar refractivity (Wildman–Crippen MR) is 19.4 cm³/mol. The molecule has 0 amide bonds. The Morgan fingerprint density at radius 2 is 1.25 bits per heavy atom. The summed E-state index contributed by atoms with van der Waals surface area (Å²) in [6.07, 6.45) is 0. The Kier molecular flexibility index (Phi) is 21.4. The molecule has 0 saturated heterocycles. The Morgan fingerprint density at radius 3 is 1.25 bits per heavy atom. The molecule has 0 aliphatic carbocycles. The molecule has 2 atom stereocenters. The second-order valence-electron chi connectivity index (χ2n) is 0.136. The number of rotatable bonds is 0. The van der Waals surface area contributed by atoms with Crippen molar-refractivity contribution in [1.82, 2.24) is 0 Å². The summed E-state index contributed by atoms with van der Waals surface area (Å²) in [5.74, 6) is 0. The molecule has 0 heterocycles. The molecule has 4 heavy (non-hydrogen) atoms. The minimum absolute atomic E-state index is 0. The second kappa shape index (κ2) is 8.97. The zero-order valence-electron chi connectivity index (χ0n) is 1.97. The molecule has 0 radical (unpaired) electrons. The summed E-state index contributed by atoms with van der Waals surface area (Å²) < 4.78 is 0. The van der Waals surface area contributed by atoms with E-state index in [0.717, 1.165) is 0 Å². The van der Waals surface area contributed by atoms with E-state index in [1.807, 2.05) is 0 Å². The maximum Gasteiger partial charge on any atom is 0 e. The van der Waals surface area contributed by atoms with Crippen LogP contribution in [0, 0.1) is 0 Å². The van der Waals surface area contributed by atoms with Crippen LogP contribution < -0.4 is 0 Å². The zero-order valence-corrected chi connectivity index (χ0v) is 9.22. The monoisotopic (exact) mass is 348 g/mol. The SMILES string of the molecule is [PH2][Mo][PH2].[W]. The van der Waals surface area contributed by atoms with E-state index in [9.17, 15) is 0 Å². The smallest absolute Gasteiger partial charge is 0 e. The van der Waals surface area contributed by atoms with Crippen LogP contribution in [0.25, 0.3) is 0 Å². The van der Waals surface area contributed by atoms with Crippen molar-refractivity contribution in [2.75, 3.05) is 0 Å². The van der Waals surface area contributed by atoms with Gasteiger partial charge in [-0.1, -0.05) is 0 Å². The molecule has 0 bridgehead atoms. The Labute approximate surface area is 53.0 Å². The van der Waals surface area contributed by atoms with Gasteiger partial charge in [-0.15, -0.1) is 0 Å². The third-order valence-electron chi connectivity index (χ3n) is 0. The topological polar surface area (TPSA) is 0 Å². The first kappa shape index (κ1) is 9.53. The average Bonchev–Trinajstić information content (AvgIpc) is 0.918. The third-order valence-corrected chi connectivity index (χ3v) is 0. The second-order valence-corrected chi connectivity index (χ2v) is 7.25. The Balaban J connectivity index is 0. The van der Waals surface area contributed by atoms with Crippen LogP contribution >= 0.6 is 14.7 Å². The molecule has 0 aromatic rings. The molecule has 4 heteroatoms. The van der Waals surface area contributed by atoms with Crippen LogP contribution in [0.15, 0.2) is 0 Å². The van der Waals surface area contributed by atoms with E-state index < -0.39 is 0 Å². The maximum absolute atomic E-state index is 2.67. The molecule has 0 nitrogen and oxygen atoms in total.